The highest BCUT2D eigenvalue weighted by Gasteiger charge is 2.39. The SMILES string of the molecule is Cc1cc(/C=C/C(c2cc(Br)cc(Br)c2)C(F)(F)F)ccc1C(=O)NCC(=O)NC(C)C(F)(F)F. The van der Waals surface area contributed by atoms with Crippen molar-refractivity contribution in [2.24, 2.45) is 0 Å². The minimum atomic E-state index is -4.61. The molecule has 0 aliphatic carbocycles. The molecule has 2 unspecified atom stereocenters. The minimum absolute atomic E-state index is 0.0286. The average Bonchev–Trinajstić information content (AvgIpc) is 2.70. The van der Waals surface area contributed by atoms with Crippen LogP contribution in [0.2, 0.25) is 0 Å². The molecule has 0 fully saturated rings. The molecular weight excluding hydrogens is 610 g/mol. The van der Waals surface area contributed by atoms with Crippen molar-refractivity contribution in [3.05, 3.63) is 73.7 Å². The Morgan fingerprint density at radius 1 is 0.971 bits per heavy atom. The molecule has 2 atom stereocenters. The Balaban J connectivity index is 2.13. The molecule has 0 spiro atoms. The van der Waals surface area contributed by atoms with Crippen molar-refractivity contribution in [2.75, 3.05) is 6.54 Å². The molecule has 0 aliphatic rings. The van der Waals surface area contributed by atoms with Crippen molar-refractivity contribution in [2.45, 2.75) is 38.2 Å². The fourth-order valence-corrected chi connectivity index (χ4v) is 4.38. The van der Waals surface area contributed by atoms with E-state index < -0.39 is 42.7 Å². The zero-order valence-electron chi connectivity index (χ0n) is 18.3. The summed E-state index contributed by atoms with van der Waals surface area (Å²) in [7, 11) is 0. The summed E-state index contributed by atoms with van der Waals surface area (Å²) in [5, 5.41) is 3.95. The van der Waals surface area contributed by atoms with Gasteiger partial charge in [-0.2, -0.15) is 26.3 Å². The van der Waals surface area contributed by atoms with Gasteiger partial charge in [0.25, 0.3) is 5.91 Å². The Labute approximate surface area is 214 Å². The number of amides is 2. The highest BCUT2D eigenvalue weighted by Crippen LogP contribution is 2.38. The topological polar surface area (TPSA) is 58.2 Å². The van der Waals surface area contributed by atoms with Crippen molar-refractivity contribution in [3.63, 3.8) is 0 Å². The second kappa shape index (κ2) is 11.6. The van der Waals surface area contributed by atoms with Crippen molar-refractivity contribution >= 4 is 49.8 Å². The molecule has 2 amide bonds. The molecule has 2 rings (SSSR count). The maximum atomic E-state index is 13.7. The molecule has 2 N–H and O–H groups in total. The highest BCUT2D eigenvalue weighted by molar-refractivity contribution is 9.11. The van der Waals surface area contributed by atoms with Crippen molar-refractivity contribution in [1.82, 2.24) is 10.6 Å². The zero-order chi connectivity index (χ0) is 26.6. The number of carbonyl (C=O) groups excluding carboxylic acids is 2. The first-order chi connectivity index (χ1) is 16.1. The molecule has 2 aromatic carbocycles. The van der Waals surface area contributed by atoms with E-state index in [0.717, 1.165) is 13.0 Å². The van der Waals surface area contributed by atoms with E-state index in [4.69, 9.17) is 0 Å². The number of halogens is 8. The minimum Gasteiger partial charge on any atom is -0.343 e. The number of hydrogen-bond donors (Lipinski definition) is 2. The van der Waals surface area contributed by atoms with Crippen LogP contribution >= 0.6 is 31.9 Å². The van der Waals surface area contributed by atoms with Gasteiger partial charge in [0.05, 0.1) is 12.5 Å². The van der Waals surface area contributed by atoms with Crippen LogP contribution in [0.4, 0.5) is 26.3 Å². The van der Waals surface area contributed by atoms with Gasteiger partial charge in [-0.15, -0.1) is 0 Å². The van der Waals surface area contributed by atoms with Crippen LogP contribution in [-0.2, 0) is 4.79 Å². The number of hydrogen-bond acceptors (Lipinski definition) is 2. The predicted octanol–water partition coefficient (Wildman–Crippen LogP) is 6.68. The number of carbonyl (C=O) groups is 2. The van der Waals surface area contributed by atoms with E-state index in [1.165, 1.54) is 36.4 Å². The molecule has 0 bridgehead atoms. The fraction of sp³-hybridized carbons (Fsp3) is 0.304. The predicted molar refractivity (Wildman–Crippen MR) is 127 cm³/mol. The van der Waals surface area contributed by atoms with Gasteiger partial charge in [-0.1, -0.05) is 56.1 Å². The second-order valence-electron chi connectivity index (χ2n) is 7.67. The average molecular weight is 630 g/mol. The quantitative estimate of drug-likeness (QED) is 0.336. The van der Waals surface area contributed by atoms with E-state index in [-0.39, 0.29) is 11.1 Å². The highest BCUT2D eigenvalue weighted by atomic mass is 79.9. The first-order valence-electron chi connectivity index (χ1n) is 10.0. The van der Waals surface area contributed by atoms with Crippen LogP contribution in [0.25, 0.3) is 6.08 Å². The summed E-state index contributed by atoms with van der Waals surface area (Å²) in [4.78, 5) is 24.0. The molecule has 0 aromatic heterocycles. The van der Waals surface area contributed by atoms with E-state index in [0.29, 0.717) is 20.1 Å². The third kappa shape index (κ3) is 8.68. The Bertz CT molecular complexity index is 1100. The van der Waals surface area contributed by atoms with Gasteiger partial charge in [-0.3, -0.25) is 9.59 Å². The van der Waals surface area contributed by atoms with E-state index in [1.54, 1.807) is 18.3 Å². The zero-order valence-corrected chi connectivity index (χ0v) is 21.5. The van der Waals surface area contributed by atoms with Gasteiger partial charge in [0.1, 0.15) is 6.04 Å². The first kappa shape index (κ1) is 28.9. The molecule has 35 heavy (non-hydrogen) atoms. The molecule has 0 saturated carbocycles. The maximum Gasteiger partial charge on any atom is 0.408 e. The number of benzene rings is 2. The lowest BCUT2D eigenvalue weighted by Gasteiger charge is -2.18. The van der Waals surface area contributed by atoms with E-state index in [1.807, 2.05) is 0 Å². The van der Waals surface area contributed by atoms with E-state index in [2.05, 4.69) is 37.2 Å². The fourth-order valence-electron chi connectivity index (χ4n) is 3.05. The summed E-state index contributed by atoms with van der Waals surface area (Å²) in [6.07, 6.45) is -6.86. The largest absolute Gasteiger partial charge is 0.408 e. The summed E-state index contributed by atoms with van der Waals surface area (Å²) < 4.78 is 79.5. The monoisotopic (exact) mass is 628 g/mol. The van der Waals surface area contributed by atoms with Crippen LogP contribution in [0.5, 0.6) is 0 Å². The molecule has 0 radical (unpaired) electrons. The van der Waals surface area contributed by atoms with Crippen molar-refractivity contribution in [1.29, 1.82) is 0 Å². The molecule has 190 valence electrons. The van der Waals surface area contributed by atoms with Gasteiger partial charge >= 0.3 is 12.4 Å². The smallest absolute Gasteiger partial charge is 0.343 e. The van der Waals surface area contributed by atoms with Gasteiger partial charge in [0.2, 0.25) is 5.91 Å². The Hall–Kier alpha value is -2.34. The van der Waals surface area contributed by atoms with Crippen LogP contribution < -0.4 is 10.6 Å². The summed E-state index contributed by atoms with van der Waals surface area (Å²) >= 11 is 6.37. The van der Waals surface area contributed by atoms with Crippen LogP contribution in [0.15, 0.2) is 51.4 Å². The van der Waals surface area contributed by atoms with Gasteiger partial charge < -0.3 is 10.6 Å². The van der Waals surface area contributed by atoms with Crippen molar-refractivity contribution in [3.8, 4) is 0 Å². The number of allylic oxidation sites excluding steroid dienone is 1. The lowest BCUT2D eigenvalue weighted by Crippen LogP contribution is -2.47. The van der Waals surface area contributed by atoms with E-state index >= 15 is 0 Å². The summed E-state index contributed by atoms with van der Waals surface area (Å²) in [5.41, 5.74) is 0.963. The van der Waals surface area contributed by atoms with Gasteiger partial charge in [0, 0.05) is 14.5 Å². The number of nitrogens with one attached hydrogen (secondary N) is 2. The van der Waals surface area contributed by atoms with Crippen molar-refractivity contribution < 1.29 is 35.9 Å². The molecule has 0 heterocycles. The summed E-state index contributed by atoms with van der Waals surface area (Å²) in [6.45, 7) is 1.65. The molecule has 0 aliphatic heterocycles. The maximum absolute atomic E-state index is 13.7. The standard InChI is InChI=1S/C23H20Br2F6N2O2/c1-12-7-14(4-6-19(23(29,30)31)15-8-16(24)10-17(25)9-15)3-5-18(12)21(35)32-11-20(34)33-13(2)22(26,27)28/h3-10,13,19H,11H2,1-2H3,(H,32,35)(H,33,34)/b6-4+. The first-order valence-corrected chi connectivity index (χ1v) is 11.6. The Morgan fingerprint density at radius 3 is 2.09 bits per heavy atom. The second-order valence-corrected chi connectivity index (χ2v) is 9.50. The van der Waals surface area contributed by atoms with Crippen LogP contribution in [0.1, 0.15) is 39.9 Å². The third-order valence-corrected chi connectivity index (χ3v) is 5.77. The Kier molecular flexibility index (Phi) is 9.57. The van der Waals surface area contributed by atoms with Crippen LogP contribution in [-0.4, -0.2) is 36.8 Å². The number of aryl methyl sites for hydroxylation is 1. The lowest BCUT2D eigenvalue weighted by atomic mass is 9.96. The molecule has 0 saturated heterocycles. The third-order valence-electron chi connectivity index (χ3n) is 4.85. The van der Waals surface area contributed by atoms with E-state index in [9.17, 15) is 35.9 Å². The summed E-state index contributed by atoms with van der Waals surface area (Å²) in [6, 6.07) is 6.57. The normalized spacial score (nSPS) is 14.0. The lowest BCUT2D eigenvalue weighted by molar-refractivity contribution is -0.157. The van der Waals surface area contributed by atoms with Gasteiger partial charge in [-0.05, 0) is 54.8 Å². The molecule has 12 heteroatoms. The summed E-state index contributed by atoms with van der Waals surface area (Å²) in [5.74, 6) is -3.60. The van der Waals surface area contributed by atoms with Gasteiger partial charge in [0.15, 0.2) is 0 Å². The number of rotatable bonds is 7. The molecule has 4 nitrogen and oxygen atoms in total. The molecule has 2 aromatic rings. The van der Waals surface area contributed by atoms with Gasteiger partial charge in [-0.25, -0.2) is 0 Å². The van der Waals surface area contributed by atoms with Crippen LogP contribution in [0, 0.1) is 6.92 Å². The molecular formula is C23H20Br2F6N2O2. The number of alkyl halides is 6. The van der Waals surface area contributed by atoms with Crippen LogP contribution in [0.3, 0.4) is 0 Å². The Morgan fingerprint density at radius 2 is 1.57 bits per heavy atom.